The smallest absolute Gasteiger partial charge is 0.0386 e. The van der Waals surface area contributed by atoms with E-state index in [2.05, 4.69) is 44.2 Å². The highest BCUT2D eigenvalue weighted by molar-refractivity contribution is 7.52. The van der Waals surface area contributed by atoms with Crippen molar-refractivity contribution in [3.05, 3.63) is 0 Å². The molecule has 1 aliphatic rings. The van der Waals surface area contributed by atoms with Crippen LogP contribution < -0.4 is 0 Å². The molecule has 0 aromatic carbocycles. The van der Waals surface area contributed by atoms with E-state index in [1.807, 2.05) is 0 Å². The minimum absolute atomic E-state index is 0.0163. The molecule has 0 aliphatic carbocycles. The molecular weight excluding hydrogens is 167 g/mol. The van der Waals surface area contributed by atoms with Crippen LogP contribution in [-0.2, 0) is 0 Å². The summed E-state index contributed by atoms with van der Waals surface area (Å²) in [6.45, 7) is 9.48. The Kier molecular flexibility index (Phi) is 3.14. The van der Waals surface area contributed by atoms with Crippen LogP contribution in [0.2, 0.25) is 0 Å². The fourth-order valence-electron chi connectivity index (χ4n) is 2.20. The van der Waals surface area contributed by atoms with Crippen LogP contribution in [0.5, 0.6) is 0 Å². The summed E-state index contributed by atoms with van der Waals surface area (Å²) in [6, 6.07) is 0. The third-order valence-electron chi connectivity index (χ3n) is 2.38. The van der Waals surface area contributed by atoms with Crippen LogP contribution in [0.4, 0.5) is 0 Å². The Labute approximate surface area is 77.8 Å². The minimum Gasteiger partial charge on any atom is -0.272 e. The molecular formula is C9H21N2P. The molecule has 1 aliphatic heterocycles. The van der Waals surface area contributed by atoms with Crippen LogP contribution in [0.1, 0.15) is 20.8 Å². The fraction of sp³-hybridized carbons (Fsp3) is 1.00. The van der Waals surface area contributed by atoms with Gasteiger partial charge in [-0.3, -0.25) is 9.34 Å². The number of rotatable bonds is 1. The lowest BCUT2D eigenvalue weighted by Gasteiger charge is -2.47. The molecule has 0 amide bonds. The molecule has 0 aromatic heterocycles. The Morgan fingerprint density at radius 1 is 1.17 bits per heavy atom. The van der Waals surface area contributed by atoms with Gasteiger partial charge in [0, 0.05) is 21.3 Å². The van der Waals surface area contributed by atoms with Crippen molar-refractivity contribution >= 4 is 8.22 Å². The first-order valence-corrected chi connectivity index (χ1v) is 6.09. The summed E-state index contributed by atoms with van der Waals surface area (Å²) in [5.74, 6) is 0. The van der Waals surface area contributed by atoms with Gasteiger partial charge in [-0.2, -0.15) is 0 Å². The molecule has 1 saturated heterocycles. The summed E-state index contributed by atoms with van der Waals surface area (Å²) < 4.78 is 5.05. The number of nitrogens with zero attached hydrogens (tertiary/aromatic N) is 2. The van der Waals surface area contributed by atoms with Gasteiger partial charge in [-0.15, -0.1) is 0 Å². The average Bonchev–Trinajstić information content (AvgIpc) is 1.82. The predicted octanol–water partition coefficient (Wildman–Crippen LogP) is 2.22. The largest absolute Gasteiger partial charge is 0.272 e. The number of hydrogen-bond acceptors (Lipinski definition) is 2. The van der Waals surface area contributed by atoms with Gasteiger partial charge >= 0.3 is 0 Å². The van der Waals surface area contributed by atoms with Crippen molar-refractivity contribution in [3.63, 3.8) is 0 Å². The molecule has 0 N–H and O–H groups in total. The maximum atomic E-state index is 2.53. The Hall–Kier alpha value is 0.350. The van der Waals surface area contributed by atoms with E-state index in [1.54, 1.807) is 0 Å². The van der Waals surface area contributed by atoms with Gasteiger partial charge < -0.3 is 0 Å². The molecule has 0 radical (unpaired) electrons. The maximum absolute atomic E-state index is 2.53. The lowest BCUT2D eigenvalue weighted by atomic mass is 9.93. The Balaban J connectivity index is 2.63. The highest BCUT2D eigenvalue weighted by Crippen LogP contribution is 2.48. The zero-order valence-corrected chi connectivity index (χ0v) is 9.86. The van der Waals surface area contributed by atoms with Crippen LogP contribution in [0.3, 0.4) is 0 Å². The third kappa shape index (κ3) is 2.18. The van der Waals surface area contributed by atoms with E-state index in [1.165, 1.54) is 19.3 Å². The second-order valence-corrected chi connectivity index (χ2v) is 7.23. The van der Waals surface area contributed by atoms with Gasteiger partial charge in [0.25, 0.3) is 0 Å². The summed E-state index contributed by atoms with van der Waals surface area (Å²) in [7, 11) is 4.53. The minimum atomic E-state index is 0.0163. The topological polar surface area (TPSA) is 6.48 Å². The van der Waals surface area contributed by atoms with Crippen LogP contribution >= 0.6 is 8.22 Å². The summed E-state index contributed by atoms with van der Waals surface area (Å²) in [6.07, 6.45) is 1.29. The van der Waals surface area contributed by atoms with Gasteiger partial charge in [0.2, 0.25) is 0 Å². The molecule has 0 atom stereocenters. The Bertz CT molecular complexity index is 145. The van der Waals surface area contributed by atoms with Gasteiger partial charge in [-0.05, 0) is 25.7 Å². The summed E-state index contributed by atoms with van der Waals surface area (Å²) >= 11 is 0. The second kappa shape index (κ2) is 3.61. The van der Waals surface area contributed by atoms with E-state index in [4.69, 9.17) is 0 Å². The zero-order chi connectivity index (χ0) is 9.35. The molecule has 1 rings (SSSR count). The molecule has 72 valence electrons. The number of hydrogen-bond donors (Lipinski definition) is 0. The molecule has 0 spiro atoms. The van der Waals surface area contributed by atoms with E-state index < -0.39 is 0 Å². The molecule has 0 saturated carbocycles. The Morgan fingerprint density at radius 2 is 1.58 bits per heavy atom. The van der Waals surface area contributed by atoms with Crippen LogP contribution in [0, 0.1) is 5.41 Å². The van der Waals surface area contributed by atoms with Gasteiger partial charge in [0.1, 0.15) is 0 Å². The van der Waals surface area contributed by atoms with E-state index in [0.29, 0.717) is 5.41 Å². The van der Waals surface area contributed by atoms with E-state index in [-0.39, 0.29) is 8.22 Å². The summed E-state index contributed by atoms with van der Waals surface area (Å²) in [5, 5.41) is 0. The average molecular weight is 188 g/mol. The van der Waals surface area contributed by atoms with Crippen molar-refractivity contribution < 1.29 is 0 Å². The summed E-state index contributed by atoms with van der Waals surface area (Å²) in [5.41, 5.74) is 0.470. The maximum Gasteiger partial charge on any atom is 0.0386 e. The third-order valence-corrected chi connectivity index (χ3v) is 4.81. The SMILES string of the molecule is CCP1N(C)CC(C)(C)CN1C. The highest BCUT2D eigenvalue weighted by Gasteiger charge is 2.33. The van der Waals surface area contributed by atoms with E-state index in [9.17, 15) is 0 Å². The van der Waals surface area contributed by atoms with Crippen molar-refractivity contribution in [2.45, 2.75) is 20.8 Å². The lowest BCUT2D eigenvalue weighted by Crippen LogP contribution is -2.44. The van der Waals surface area contributed by atoms with Crippen molar-refractivity contribution in [2.24, 2.45) is 5.41 Å². The molecule has 1 heterocycles. The molecule has 0 aromatic rings. The molecule has 0 bridgehead atoms. The van der Waals surface area contributed by atoms with Gasteiger partial charge in [-0.25, -0.2) is 0 Å². The van der Waals surface area contributed by atoms with Gasteiger partial charge in [-0.1, -0.05) is 20.8 Å². The predicted molar refractivity (Wildman–Crippen MR) is 56.5 cm³/mol. The van der Waals surface area contributed by atoms with Crippen molar-refractivity contribution in [2.75, 3.05) is 33.3 Å². The first-order valence-electron chi connectivity index (χ1n) is 4.66. The van der Waals surface area contributed by atoms with E-state index in [0.717, 1.165) is 0 Å². The fourth-order valence-corrected chi connectivity index (χ4v) is 4.77. The van der Waals surface area contributed by atoms with Crippen molar-refractivity contribution in [1.82, 2.24) is 9.34 Å². The van der Waals surface area contributed by atoms with Gasteiger partial charge in [0.15, 0.2) is 0 Å². The van der Waals surface area contributed by atoms with Crippen LogP contribution in [0.25, 0.3) is 0 Å². The van der Waals surface area contributed by atoms with Crippen LogP contribution in [-0.4, -0.2) is 42.7 Å². The standard InChI is InChI=1S/C9H21N2P/c1-6-12-10(4)7-9(2,3)8-11(12)5/h6-8H2,1-5H3. The first-order chi connectivity index (χ1) is 5.46. The zero-order valence-electron chi connectivity index (χ0n) is 8.96. The quantitative estimate of drug-likeness (QED) is 0.582. The second-order valence-electron chi connectivity index (χ2n) is 4.48. The first kappa shape index (κ1) is 10.4. The normalized spacial score (nSPS) is 27.8. The van der Waals surface area contributed by atoms with E-state index >= 15 is 0 Å². The highest BCUT2D eigenvalue weighted by atomic mass is 31.1. The summed E-state index contributed by atoms with van der Waals surface area (Å²) in [4.78, 5) is 0. The lowest BCUT2D eigenvalue weighted by molar-refractivity contribution is 0.204. The van der Waals surface area contributed by atoms with Gasteiger partial charge in [0.05, 0.1) is 0 Å². The molecule has 1 fully saturated rings. The molecule has 0 unspecified atom stereocenters. The Morgan fingerprint density at radius 3 is 1.92 bits per heavy atom. The molecule has 2 nitrogen and oxygen atoms in total. The van der Waals surface area contributed by atoms with Crippen molar-refractivity contribution in [3.8, 4) is 0 Å². The monoisotopic (exact) mass is 188 g/mol. The molecule has 12 heavy (non-hydrogen) atoms. The van der Waals surface area contributed by atoms with Crippen molar-refractivity contribution in [1.29, 1.82) is 0 Å². The van der Waals surface area contributed by atoms with Crippen LogP contribution in [0.15, 0.2) is 0 Å². The molecule has 3 heteroatoms.